The number of nitrogens with one attached hydrogen (secondary N) is 2. The molecule has 43 heavy (non-hydrogen) atoms. The maximum Gasteiger partial charge on any atom is 0.263 e. The maximum absolute atomic E-state index is 14.5. The number of para-hydroxylation sites is 1. The molecule has 2 N–H and O–H groups in total. The first-order valence-electron chi connectivity index (χ1n) is 13.5. The molecule has 0 saturated heterocycles. The van der Waals surface area contributed by atoms with Crippen LogP contribution < -0.4 is 16.3 Å². The standard InChI is InChI=1S/C33H23ClN6O3/c1-19(38-32-28-26(41)14-16-35-31(28)36-18-37-32)30-29(34)24-9-5-8-23(20-10-12-21(13-11-20)25-15-17-43-39-25)27(24)33(42)40(30)22-6-3-2-4-7-22/h2-19H,1H3,(H2,35,36,37,38,41)/t19-/m0/s1. The molecule has 4 aromatic heterocycles. The van der Waals surface area contributed by atoms with Crippen molar-refractivity contribution >= 4 is 39.2 Å². The number of hydrogen-bond acceptors (Lipinski definition) is 7. The van der Waals surface area contributed by atoms with Gasteiger partial charge in [0.2, 0.25) is 0 Å². The second-order valence-electron chi connectivity index (χ2n) is 10.0. The van der Waals surface area contributed by atoms with Crippen LogP contribution >= 0.6 is 11.6 Å². The number of pyridine rings is 2. The Morgan fingerprint density at radius 2 is 1.67 bits per heavy atom. The highest BCUT2D eigenvalue weighted by Crippen LogP contribution is 2.37. The molecular weight excluding hydrogens is 564 g/mol. The lowest BCUT2D eigenvalue weighted by Gasteiger charge is -2.24. The van der Waals surface area contributed by atoms with E-state index in [0.717, 1.165) is 22.4 Å². The molecule has 0 bridgehead atoms. The maximum atomic E-state index is 14.5. The summed E-state index contributed by atoms with van der Waals surface area (Å²) in [6.07, 6.45) is 4.44. The summed E-state index contributed by atoms with van der Waals surface area (Å²) in [5.74, 6) is 0.337. The van der Waals surface area contributed by atoms with Crippen LogP contribution in [0, 0.1) is 0 Å². The van der Waals surface area contributed by atoms with Gasteiger partial charge < -0.3 is 14.8 Å². The number of fused-ring (bicyclic) bond motifs is 2. The second kappa shape index (κ2) is 10.7. The van der Waals surface area contributed by atoms with Crippen molar-refractivity contribution in [2.75, 3.05) is 5.32 Å². The number of aromatic nitrogens is 5. The Hall–Kier alpha value is -5.54. The van der Waals surface area contributed by atoms with Crippen LogP contribution in [0.5, 0.6) is 0 Å². The predicted octanol–water partition coefficient (Wildman–Crippen LogP) is 6.77. The first-order valence-corrected chi connectivity index (χ1v) is 13.9. The third-order valence-electron chi connectivity index (χ3n) is 7.44. The first kappa shape index (κ1) is 26.4. The fourth-order valence-corrected chi connectivity index (χ4v) is 5.86. The van der Waals surface area contributed by atoms with Gasteiger partial charge in [0.25, 0.3) is 5.56 Å². The lowest BCUT2D eigenvalue weighted by molar-refractivity contribution is 0.422. The molecule has 0 aliphatic carbocycles. The lowest BCUT2D eigenvalue weighted by atomic mass is 9.96. The Labute approximate surface area is 249 Å². The fourth-order valence-electron chi connectivity index (χ4n) is 5.45. The lowest BCUT2D eigenvalue weighted by Crippen LogP contribution is -2.27. The second-order valence-corrected chi connectivity index (χ2v) is 10.4. The predicted molar refractivity (Wildman–Crippen MR) is 168 cm³/mol. The smallest absolute Gasteiger partial charge is 0.263 e. The summed E-state index contributed by atoms with van der Waals surface area (Å²) in [5, 5.41) is 9.17. The summed E-state index contributed by atoms with van der Waals surface area (Å²) in [4.78, 5) is 38.8. The molecule has 0 radical (unpaired) electrons. The van der Waals surface area contributed by atoms with Crippen molar-refractivity contribution in [2.45, 2.75) is 13.0 Å². The number of hydrogen-bond donors (Lipinski definition) is 2. The number of benzene rings is 3. The molecular formula is C33H23ClN6O3. The fraction of sp³-hybridized carbons (Fsp3) is 0.0606. The topological polar surface area (TPSA) is 119 Å². The quantitative estimate of drug-likeness (QED) is 0.221. The normalized spacial score (nSPS) is 12.0. The number of nitrogens with zero attached hydrogens (tertiary/aromatic N) is 4. The zero-order valence-electron chi connectivity index (χ0n) is 22.8. The molecule has 10 heteroatoms. The van der Waals surface area contributed by atoms with E-state index in [1.165, 1.54) is 24.9 Å². The minimum absolute atomic E-state index is 0.226. The van der Waals surface area contributed by atoms with E-state index in [0.29, 0.717) is 44.0 Å². The van der Waals surface area contributed by atoms with Gasteiger partial charge in [-0.15, -0.1) is 0 Å². The van der Waals surface area contributed by atoms with E-state index in [4.69, 9.17) is 16.1 Å². The molecule has 0 aliphatic heterocycles. The van der Waals surface area contributed by atoms with Crippen LogP contribution in [0.4, 0.5) is 5.82 Å². The van der Waals surface area contributed by atoms with Crippen molar-refractivity contribution in [3.63, 3.8) is 0 Å². The zero-order chi connectivity index (χ0) is 29.5. The Morgan fingerprint density at radius 1 is 0.884 bits per heavy atom. The van der Waals surface area contributed by atoms with E-state index in [2.05, 4.69) is 25.4 Å². The van der Waals surface area contributed by atoms with Crippen LogP contribution in [-0.4, -0.2) is 24.7 Å². The number of aromatic amines is 1. The van der Waals surface area contributed by atoms with Gasteiger partial charge in [0.1, 0.15) is 35.1 Å². The van der Waals surface area contributed by atoms with Crippen LogP contribution in [-0.2, 0) is 0 Å². The Kier molecular flexibility index (Phi) is 6.56. The number of anilines is 1. The van der Waals surface area contributed by atoms with Crippen LogP contribution in [0.2, 0.25) is 5.02 Å². The van der Waals surface area contributed by atoms with Gasteiger partial charge in [-0.1, -0.05) is 77.4 Å². The van der Waals surface area contributed by atoms with Crippen molar-refractivity contribution in [1.82, 2.24) is 24.7 Å². The monoisotopic (exact) mass is 586 g/mol. The summed E-state index contributed by atoms with van der Waals surface area (Å²) < 4.78 is 6.61. The van der Waals surface area contributed by atoms with E-state index in [1.807, 2.05) is 79.7 Å². The molecule has 0 amide bonds. The largest absolute Gasteiger partial charge is 0.364 e. The summed E-state index contributed by atoms with van der Waals surface area (Å²) in [6, 6.07) is 25.5. The first-order chi connectivity index (χ1) is 21.0. The number of H-pyrrole nitrogens is 1. The minimum Gasteiger partial charge on any atom is -0.364 e. The van der Waals surface area contributed by atoms with Crippen molar-refractivity contribution in [3.05, 3.63) is 135 Å². The van der Waals surface area contributed by atoms with E-state index < -0.39 is 6.04 Å². The number of halogens is 1. The van der Waals surface area contributed by atoms with Crippen LogP contribution in [0.3, 0.4) is 0 Å². The van der Waals surface area contributed by atoms with E-state index in [9.17, 15) is 9.59 Å². The highest BCUT2D eigenvalue weighted by Gasteiger charge is 2.24. The molecule has 7 rings (SSSR count). The summed E-state index contributed by atoms with van der Waals surface area (Å²) in [7, 11) is 0. The van der Waals surface area contributed by atoms with E-state index in [-0.39, 0.29) is 11.0 Å². The van der Waals surface area contributed by atoms with Gasteiger partial charge in [0.15, 0.2) is 5.43 Å². The zero-order valence-corrected chi connectivity index (χ0v) is 23.5. The molecule has 4 heterocycles. The van der Waals surface area contributed by atoms with Crippen molar-refractivity contribution in [1.29, 1.82) is 0 Å². The van der Waals surface area contributed by atoms with Crippen molar-refractivity contribution in [3.8, 4) is 28.1 Å². The molecule has 0 unspecified atom stereocenters. The van der Waals surface area contributed by atoms with Gasteiger partial charge in [-0.25, -0.2) is 9.97 Å². The summed E-state index contributed by atoms with van der Waals surface area (Å²) in [5.41, 5.74) is 4.37. The average molecular weight is 587 g/mol. The van der Waals surface area contributed by atoms with Crippen molar-refractivity contribution < 1.29 is 4.52 Å². The van der Waals surface area contributed by atoms with Gasteiger partial charge >= 0.3 is 0 Å². The van der Waals surface area contributed by atoms with Gasteiger partial charge in [-0.05, 0) is 30.2 Å². The molecule has 9 nitrogen and oxygen atoms in total. The highest BCUT2D eigenvalue weighted by atomic mass is 35.5. The van der Waals surface area contributed by atoms with E-state index >= 15 is 0 Å². The van der Waals surface area contributed by atoms with Gasteiger partial charge in [0.05, 0.1) is 22.1 Å². The van der Waals surface area contributed by atoms with Gasteiger partial charge in [-0.2, -0.15) is 0 Å². The molecule has 7 aromatic rings. The average Bonchev–Trinajstić information content (AvgIpc) is 3.58. The van der Waals surface area contributed by atoms with Gasteiger partial charge in [-0.3, -0.25) is 14.2 Å². The van der Waals surface area contributed by atoms with E-state index in [1.54, 1.807) is 10.6 Å². The summed E-state index contributed by atoms with van der Waals surface area (Å²) in [6.45, 7) is 1.88. The molecule has 0 saturated carbocycles. The molecule has 210 valence electrons. The molecule has 0 fully saturated rings. The third-order valence-corrected chi connectivity index (χ3v) is 7.84. The Morgan fingerprint density at radius 3 is 2.44 bits per heavy atom. The highest BCUT2D eigenvalue weighted by molar-refractivity contribution is 6.36. The van der Waals surface area contributed by atoms with Crippen LogP contribution in [0.25, 0.3) is 49.9 Å². The van der Waals surface area contributed by atoms with Gasteiger partial charge in [0, 0.05) is 35.0 Å². The molecule has 1 atom stereocenters. The number of rotatable bonds is 6. The SMILES string of the molecule is C[C@H](Nc1ncnc2[nH]ccc(=O)c12)c1c(Cl)c2cccc(-c3ccc(-c4ccon4)cc3)c2c(=O)n1-c1ccccc1. The van der Waals surface area contributed by atoms with Crippen LogP contribution in [0.1, 0.15) is 18.7 Å². The third kappa shape index (κ3) is 4.56. The van der Waals surface area contributed by atoms with Crippen molar-refractivity contribution in [2.24, 2.45) is 0 Å². The molecule has 3 aromatic carbocycles. The Balaban J connectivity index is 1.43. The molecule has 0 aliphatic rings. The Bertz CT molecular complexity index is 2220. The minimum atomic E-state index is -0.534. The molecule has 0 spiro atoms. The summed E-state index contributed by atoms with van der Waals surface area (Å²) >= 11 is 7.21. The van der Waals surface area contributed by atoms with Crippen LogP contribution in [0.15, 0.2) is 118 Å².